The van der Waals surface area contributed by atoms with Crippen molar-refractivity contribution in [3.8, 4) is 0 Å². The van der Waals surface area contributed by atoms with Crippen LogP contribution in [0.15, 0.2) is 6.33 Å². The van der Waals surface area contributed by atoms with Gasteiger partial charge in [0.1, 0.15) is 17.7 Å². The zero-order valence-corrected chi connectivity index (χ0v) is 10.7. The number of halogens is 1. The van der Waals surface area contributed by atoms with E-state index in [9.17, 15) is 10.2 Å². The van der Waals surface area contributed by atoms with Crippen molar-refractivity contribution < 1.29 is 14.9 Å². The molecule has 3 heterocycles. The van der Waals surface area contributed by atoms with Gasteiger partial charge in [-0.2, -0.15) is 9.97 Å². The molecular weight excluding hydrogens is 274 g/mol. The number of aromatic nitrogens is 4. The maximum atomic E-state index is 9.97. The molecule has 4 atom stereocenters. The molecule has 1 fully saturated rings. The van der Waals surface area contributed by atoms with Crippen molar-refractivity contribution >= 4 is 28.6 Å². The predicted octanol–water partition coefficient (Wildman–Crippen LogP) is -0.299. The molecule has 4 N–H and O–H groups in total. The summed E-state index contributed by atoms with van der Waals surface area (Å²) in [6.07, 6.45) is -1.92. The van der Waals surface area contributed by atoms with Crippen LogP contribution >= 0.6 is 11.6 Å². The van der Waals surface area contributed by atoms with E-state index in [0.29, 0.717) is 11.2 Å². The molecule has 0 bridgehead atoms. The first-order valence-corrected chi connectivity index (χ1v) is 6.04. The van der Waals surface area contributed by atoms with Crippen molar-refractivity contribution in [1.82, 2.24) is 19.5 Å². The maximum Gasteiger partial charge on any atom is 0.226 e. The molecule has 19 heavy (non-hydrogen) atoms. The van der Waals surface area contributed by atoms with Gasteiger partial charge in [0.2, 0.25) is 5.28 Å². The van der Waals surface area contributed by atoms with Gasteiger partial charge in [-0.15, -0.1) is 0 Å². The molecule has 3 rings (SSSR count). The molecule has 0 radical (unpaired) electrons. The first kappa shape index (κ1) is 12.5. The highest BCUT2D eigenvalue weighted by atomic mass is 35.5. The van der Waals surface area contributed by atoms with Crippen molar-refractivity contribution in [2.75, 3.05) is 5.73 Å². The Labute approximate surface area is 112 Å². The molecule has 2 unspecified atom stereocenters. The first-order chi connectivity index (χ1) is 8.99. The average Bonchev–Trinajstić information content (AvgIpc) is 2.86. The van der Waals surface area contributed by atoms with Gasteiger partial charge in [-0.3, -0.25) is 4.57 Å². The number of hydrogen-bond donors (Lipinski definition) is 3. The zero-order valence-electron chi connectivity index (χ0n) is 9.93. The molecule has 8 nitrogen and oxygen atoms in total. The van der Waals surface area contributed by atoms with Crippen molar-refractivity contribution in [3.05, 3.63) is 11.6 Å². The lowest BCUT2D eigenvalue weighted by molar-refractivity contribution is -0.0299. The van der Waals surface area contributed by atoms with E-state index in [4.69, 9.17) is 22.1 Å². The Morgan fingerprint density at radius 1 is 1.37 bits per heavy atom. The summed E-state index contributed by atoms with van der Waals surface area (Å²) in [7, 11) is 0. The largest absolute Gasteiger partial charge is 0.388 e. The summed E-state index contributed by atoms with van der Waals surface area (Å²) >= 11 is 5.76. The summed E-state index contributed by atoms with van der Waals surface area (Å²) in [5.74, 6) is 0.148. The Balaban J connectivity index is 2.11. The highest BCUT2D eigenvalue weighted by molar-refractivity contribution is 6.28. The van der Waals surface area contributed by atoms with Crippen LogP contribution in [0.2, 0.25) is 5.28 Å². The smallest absolute Gasteiger partial charge is 0.226 e. The monoisotopic (exact) mass is 285 g/mol. The Morgan fingerprint density at radius 3 is 2.74 bits per heavy atom. The zero-order chi connectivity index (χ0) is 13.7. The lowest BCUT2D eigenvalue weighted by atomic mass is 10.1. The lowest BCUT2D eigenvalue weighted by Crippen LogP contribution is -2.30. The van der Waals surface area contributed by atoms with E-state index < -0.39 is 24.5 Å². The highest BCUT2D eigenvalue weighted by Gasteiger charge is 2.42. The minimum absolute atomic E-state index is 0.0205. The molecule has 2 aromatic heterocycles. The summed E-state index contributed by atoms with van der Waals surface area (Å²) in [5.41, 5.74) is 6.41. The number of hydrogen-bond acceptors (Lipinski definition) is 7. The van der Waals surface area contributed by atoms with Gasteiger partial charge in [0.25, 0.3) is 0 Å². The fraction of sp³-hybridized carbons (Fsp3) is 0.500. The number of aliphatic hydroxyl groups is 2. The molecular formula is C10H12ClN5O3. The number of nitrogens with two attached hydrogens (primary N) is 1. The molecule has 0 aliphatic carbocycles. The van der Waals surface area contributed by atoms with E-state index in [1.165, 1.54) is 10.9 Å². The van der Waals surface area contributed by atoms with E-state index in [1.807, 2.05) is 0 Å². The Bertz CT molecular complexity index is 633. The van der Waals surface area contributed by atoms with Crippen molar-refractivity contribution in [2.45, 2.75) is 31.5 Å². The van der Waals surface area contributed by atoms with Crippen molar-refractivity contribution in [1.29, 1.82) is 0 Å². The second-order valence-corrected chi connectivity index (χ2v) is 4.75. The minimum Gasteiger partial charge on any atom is -0.388 e. The van der Waals surface area contributed by atoms with Crippen molar-refractivity contribution in [3.63, 3.8) is 0 Å². The molecule has 9 heteroatoms. The maximum absolute atomic E-state index is 9.97. The molecule has 0 amide bonds. The fourth-order valence-corrected chi connectivity index (χ4v) is 2.33. The van der Waals surface area contributed by atoms with Gasteiger partial charge in [-0.25, -0.2) is 4.98 Å². The fourth-order valence-electron chi connectivity index (χ4n) is 2.15. The van der Waals surface area contributed by atoms with Crippen LogP contribution in [-0.4, -0.2) is 48.0 Å². The summed E-state index contributed by atoms with van der Waals surface area (Å²) in [6, 6.07) is 0. The van der Waals surface area contributed by atoms with E-state index in [0.717, 1.165) is 0 Å². The standard InChI is InChI=1S/C10H12ClN5O3/c1-3-5(17)6(18)9(19-3)16-2-13-4-7(12)14-10(11)15-8(4)16/h2-3,5-6,9,17-18H,1H3,(H2,12,14,15)/t3-,5?,6?,9-/m1/s1. The molecule has 0 aromatic carbocycles. The van der Waals surface area contributed by atoms with Gasteiger partial charge in [0.05, 0.1) is 12.4 Å². The third kappa shape index (κ3) is 1.84. The van der Waals surface area contributed by atoms with Crippen LogP contribution in [-0.2, 0) is 4.74 Å². The van der Waals surface area contributed by atoms with Crippen LogP contribution in [0.1, 0.15) is 13.2 Å². The Hall–Kier alpha value is -1.48. The van der Waals surface area contributed by atoms with Gasteiger partial charge in [-0.1, -0.05) is 0 Å². The normalized spacial score (nSPS) is 31.2. The number of nitrogens with zero attached hydrogens (tertiary/aromatic N) is 4. The van der Waals surface area contributed by atoms with Gasteiger partial charge >= 0.3 is 0 Å². The second kappa shape index (κ2) is 4.27. The van der Waals surface area contributed by atoms with E-state index in [2.05, 4.69) is 15.0 Å². The summed E-state index contributed by atoms with van der Waals surface area (Å²) in [6.45, 7) is 1.67. The van der Waals surface area contributed by atoms with Crippen LogP contribution in [0, 0.1) is 0 Å². The Kier molecular flexibility index (Phi) is 2.82. The van der Waals surface area contributed by atoms with Crippen LogP contribution in [0.5, 0.6) is 0 Å². The molecule has 0 saturated carbocycles. The molecule has 1 aliphatic heterocycles. The number of aliphatic hydroxyl groups excluding tert-OH is 2. The predicted molar refractivity (Wildman–Crippen MR) is 66.3 cm³/mol. The SMILES string of the molecule is C[C@H]1O[C@@H](n2cnc3c(N)nc(Cl)nc32)C(O)C1O. The van der Waals surface area contributed by atoms with Crippen LogP contribution in [0.3, 0.4) is 0 Å². The van der Waals surface area contributed by atoms with Gasteiger partial charge in [0.15, 0.2) is 17.7 Å². The van der Waals surface area contributed by atoms with E-state index >= 15 is 0 Å². The molecule has 1 aliphatic rings. The average molecular weight is 286 g/mol. The Morgan fingerprint density at radius 2 is 2.11 bits per heavy atom. The quantitative estimate of drug-likeness (QED) is 0.615. The number of nitrogen functional groups attached to an aromatic ring is 1. The third-order valence-electron chi connectivity index (χ3n) is 3.17. The van der Waals surface area contributed by atoms with Gasteiger partial charge in [-0.05, 0) is 18.5 Å². The number of rotatable bonds is 1. The third-order valence-corrected chi connectivity index (χ3v) is 3.34. The van der Waals surface area contributed by atoms with E-state index in [-0.39, 0.29) is 11.1 Å². The molecule has 102 valence electrons. The topological polar surface area (TPSA) is 119 Å². The highest BCUT2D eigenvalue weighted by Crippen LogP contribution is 2.32. The van der Waals surface area contributed by atoms with E-state index in [1.54, 1.807) is 6.92 Å². The molecule has 2 aromatic rings. The second-order valence-electron chi connectivity index (χ2n) is 4.41. The summed E-state index contributed by atoms with van der Waals surface area (Å²) in [4.78, 5) is 11.9. The number of anilines is 1. The summed E-state index contributed by atoms with van der Waals surface area (Å²) in [5, 5.41) is 19.7. The first-order valence-electron chi connectivity index (χ1n) is 5.66. The van der Waals surface area contributed by atoms with Gasteiger partial charge < -0.3 is 20.7 Å². The lowest BCUT2D eigenvalue weighted by Gasteiger charge is -2.16. The van der Waals surface area contributed by atoms with Crippen LogP contribution in [0.4, 0.5) is 5.82 Å². The summed E-state index contributed by atoms with van der Waals surface area (Å²) < 4.78 is 6.98. The molecule has 1 saturated heterocycles. The van der Waals surface area contributed by atoms with Crippen LogP contribution in [0.25, 0.3) is 11.2 Å². The molecule has 0 spiro atoms. The van der Waals surface area contributed by atoms with Crippen molar-refractivity contribution in [2.24, 2.45) is 0 Å². The van der Waals surface area contributed by atoms with Crippen LogP contribution < -0.4 is 5.73 Å². The number of imidazole rings is 1. The van der Waals surface area contributed by atoms with Gasteiger partial charge in [0, 0.05) is 0 Å². The minimum atomic E-state index is -1.08. The number of fused-ring (bicyclic) bond motifs is 1. The number of ether oxygens (including phenoxy) is 1.